The van der Waals surface area contributed by atoms with Crippen LogP contribution in [0.1, 0.15) is 11.6 Å². The van der Waals surface area contributed by atoms with Gasteiger partial charge in [-0.25, -0.2) is 0 Å². The first kappa shape index (κ1) is 10.7. The third kappa shape index (κ3) is 1.57. The van der Waals surface area contributed by atoms with Crippen molar-refractivity contribution in [1.29, 1.82) is 0 Å². The summed E-state index contributed by atoms with van der Waals surface area (Å²) >= 11 is 0. The molecule has 0 spiro atoms. The Kier molecular flexibility index (Phi) is 2.66. The van der Waals surface area contributed by atoms with E-state index in [1.165, 1.54) is 0 Å². The van der Waals surface area contributed by atoms with Gasteiger partial charge in [-0.15, -0.1) is 0 Å². The Labute approximate surface area is 94.0 Å². The van der Waals surface area contributed by atoms with Gasteiger partial charge in [0.2, 0.25) is 5.91 Å². The van der Waals surface area contributed by atoms with Crippen LogP contribution < -0.4 is 11.1 Å². The maximum atomic E-state index is 11.3. The summed E-state index contributed by atoms with van der Waals surface area (Å²) in [5.41, 5.74) is 7.39. The minimum Gasteiger partial charge on any atom is -0.368 e. The molecule has 2 aromatic rings. The Hall–Kier alpha value is -1.81. The van der Waals surface area contributed by atoms with E-state index in [-0.39, 0.29) is 5.91 Å². The summed E-state index contributed by atoms with van der Waals surface area (Å²) in [6.45, 7) is 0. The number of para-hydroxylation sites is 1. The number of primary amides is 1. The maximum Gasteiger partial charge on any atom is 0.239 e. The Bertz CT molecular complexity index is 530. The summed E-state index contributed by atoms with van der Waals surface area (Å²) < 4.78 is 2.00. The number of likely N-dealkylation sites (N-methyl/N-ethyl adjacent to an activating group) is 1. The molecule has 0 bridgehead atoms. The first-order chi connectivity index (χ1) is 7.65. The van der Waals surface area contributed by atoms with Gasteiger partial charge in [0.25, 0.3) is 0 Å². The average molecular weight is 217 g/mol. The molecule has 0 radical (unpaired) electrons. The lowest BCUT2D eigenvalue weighted by molar-refractivity contribution is -0.120. The molecule has 4 nitrogen and oxygen atoms in total. The molecule has 1 unspecified atom stereocenters. The number of fused-ring (bicyclic) bond motifs is 1. The van der Waals surface area contributed by atoms with Crippen molar-refractivity contribution in [3.05, 3.63) is 36.0 Å². The highest BCUT2D eigenvalue weighted by atomic mass is 16.1. The molecular weight excluding hydrogens is 202 g/mol. The molecule has 1 amide bonds. The largest absolute Gasteiger partial charge is 0.368 e. The first-order valence-electron chi connectivity index (χ1n) is 5.15. The number of carbonyl (C=O) groups is 1. The first-order valence-corrected chi connectivity index (χ1v) is 5.15. The van der Waals surface area contributed by atoms with Gasteiger partial charge in [-0.3, -0.25) is 4.79 Å². The number of rotatable bonds is 3. The lowest BCUT2D eigenvalue weighted by Crippen LogP contribution is -2.31. The summed E-state index contributed by atoms with van der Waals surface area (Å²) in [6.07, 6.45) is 1.94. The highest BCUT2D eigenvalue weighted by Crippen LogP contribution is 2.25. The molecule has 1 aromatic heterocycles. The minimum absolute atomic E-state index is 0.362. The van der Waals surface area contributed by atoms with Gasteiger partial charge >= 0.3 is 0 Å². The van der Waals surface area contributed by atoms with Crippen molar-refractivity contribution in [2.24, 2.45) is 12.8 Å². The molecule has 0 aliphatic heterocycles. The van der Waals surface area contributed by atoms with Gasteiger partial charge < -0.3 is 15.6 Å². The zero-order valence-electron chi connectivity index (χ0n) is 9.40. The zero-order valence-corrected chi connectivity index (χ0v) is 9.40. The van der Waals surface area contributed by atoms with Crippen LogP contribution >= 0.6 is 0 Å². The van der Waals surface area contributed by atoms with Gasteiger partial charge in [0, 0.05) is 29.7 Å². The summed E-state index contributed by atoms with van der Waals surface area (Å²) in [7, 11) is 3.69. The van der Waals surface area contributed by atoms with Crippen LogP contribution in [0.2, 0.25) is 0 Å². The molecule has 0 saturated heterocycles. The highest BCUT2D eigenvalue weighted by molar-refractivity contribution is 5.91. The van der Waals surface area contributed by atoms with Crippen molar-refractivity contribution in [1.82, 2.24) is 9.88 Å². The van der Waals surface area contributed by atoms with Crippen LogP contribution in [0.3, 0.4) is 0 Å². The van der Waals surface area contributed by atoms with E-state index in [9.17, 15) is 4.79 Å². The number of aryl methyl sites for hydroxylation is 1. The second kappa shape index (κ2) is 3.98. The number of amides is 1. The molecule has 1 aromatic carbocycles. The molecule has 0 aliphatic carbocycles. The van der Waals surface area contributed by atoms with Crippen LogP contribution in [0.15, 0.2) is 30.5 Å². The normalized spacial score (nSPS) is 12.9. The van der Waals surface area contributed by atoms with E-state index in [1.54, 1.807) is 7.05 Å². The lowest BCUT2D eigenvalue weighted by atomic mass is 10.1. The smallest absolute Gasteiger partial charge is 0.239 e. The second-order valence-corrected chi connectivity index (χ2v) is 3.84. The van der Waals surface area contributed by atoms with Crippen LogP contribution in [-0.4, -0.2) is 17.5 Å². The number of carbonyl (C=O) groups excluding carboxylic acids is 1. The summed E-state index contributed by atoms with van der Waals surface area (Å²) in [4.78, 5) is 11.3. The van der Waals surface area contributed by atoms with E-state index in [1.807, 2.05) is 42.1 Å². The lowest BCUT2D eigenvalue weighted by Gasteiger charge is -2.10. The van der Waals surface area contributed by atoms with Crippen LogP contribution in [0.5, 0.6) is 0 Å². The van der Waals surface area contributed by atoms with Gasteiger partial charge in [-0.2, -0.15) is 0 Å². The molecule has 1 atom stereocenters. The number of benzene rings is 1. The van der Waals surface area contributed by atoms with Crippen molar-refractivity contribution in [2.45, 2.75) is 6.04 Å². The van der Waals surface area contributed by atoms with Crippen molar-refractivity contribution in [3.63, 3.8) is 0 Å². The van der Waals surface area contributed by atoms with Crippen LogP contribution in [0.25, 0.3) is 10.9 Å². The van der Waals surface area contributed by atoms with Gasteiger partial charge in [-0.05, 0) is 13.1 Å². The van der Waals surface area contributed by atoms with Gasteiger partial charge in [-0.1, -0.05) is 18.2 Å². The molecule has 16 heavy (non-hydrogen) atoms. The van der Waals surface area contributed by atoms with Crippen molar-refractivity contribution >= 4 is 16.8 Å². The molecule has 4 heteroatoms. The van der Waals surface area contributed by atoms with Gasteiger partial charge in [0.1, 0.15) is 6.04 Å². The molecule has 0 fully saturated rings. The molecular formula is C12H15N3O. The Morgan fingerprint density at radius 3 is 2.75 bits per heavy atom. The predicted molar refractivity (Wildman–Crippen MR) is 63.9 cm³/mol. The third-order valence-corrected chi connectivity index (χ3v) is 2.81. The maximum absolute atomic E-state index is 11.3. The van der Waals surface area contributed by atoms with Crippen LogP contribution in [0.4, 0.5) is 0 Å². The minimum atomic E-state index is -0.439. The van der Waals surface area contributed by atoms with Gasteiger partial charge in [0.15, 0.2) is 0 Å². The fourth-order valence-corrected chi connectivity index (χ4v) is 2.05. The van der Waals surface area contributed by atoms with E-state index in [2.05, 4.69) is 5.32 Å². The topological polar surface area (TPSA) is 60.0 Å². The number of nitrogens with two attached hydrogens (primary N) is 1. The Morgan fingerprint density at radius 1 is 1.44 bits per heavy atom. The molecule has 0 aliphatic rings. The molecule has 1 heterocycles. The predicted octanol–water partition coefficient (Wildman–Crippen LogP) is 0.924. The number of hydrogen-bond donors (Lipinski definition) is 2. The Morgan fingerprint density at radius 2 is 2.12 bits per heavy atom. The van der Waals surface area contributed by atoms with Crippen molar-refractivity contribution in [3.8, 4) is 0 Å². The van der Waals surface area contributed by atoms with E-state index in [0.29, 0.717) is 0 Å². The summed E-state index contributed by atoms with van der Waals surface area (Å²) in [6, 6.07) is 7.51. The van der Waals surface area contributed by atoms with Crippen molar-refractivity contribution < 1.29 is 4.79 Å². The quantitative estimate of drug-likeness (QED) is 0.803. The van der Waals surface area contributed by atoms with E-state index >= 15 is 0 Å². The molecule has 2 rings (SSSR count). The number of hydrogen-bond acceptors (Lipinski definition) is 2. The number of aromatic nitrogens is 1. The SMILES string of the molecule is CNC(C(N)=O)c1cn(C)c2ccccc12. The van der Waals surface area contributed by atoms with Crippen LogP contribution in [0, 0.1) is 0 Å². The average Bonchev–Trinajstić information content (AvgIpc) is 2.58. The third-order valence-electron chi connectivity index (χ3n) is 2.81. The van der Waals surface area contributed by atoms with E-state index in [0.717, 1.165) is 16.5 Å². The second-order valence-electron chi connectivity index (χ2n) is 3.84. The fraction of sp³-hybridized carbons (Fsp3) is 0.250. The van der Waals surface area contributed by atoms with Crippen molar-refractivity contribution in [2.75, 3.05) is 7.05 Å². The molecule has 84 valence electrons. The number of nitrogens with one attached hydrogen (secondary N) is 1. The zero-order chi connectivity index (χ0) is 11.7. The number of nitrogens with zero attached hydrogens (tertiary/aromatic N) is 1. The van der Waals surface area contributed by atoms with Crippen LogP contribution in [-0.2, 0) is 11.8 Å². The molecule has 0 saturated carbocycles. The fourth-order valence-electron chi connectivity index (χ4n) is 2.05. The van der Waals surface area contributed by atoms with E-state index < -0.39 is 6.04 Å². The molecule has 3 N–H and O–H groups in total. The van der Waals surface area contributed by atoms with Gasteiger partial charge in [0.05, 0.1) is 0 Å². The highest BCUT2D eigenvalue weighted by Gasteiger charge is 2.19. The van der Waals surface area contributed by atoms with E-state index in [4.69, 9.17) is 5.73 Å². The standard InChI is InChI=1S/C12H15N3O/c1-14-11(12(13)16)9-7-15(2)10-6-4-3-5-8(9)10/h3-7,11,14H,1-2H3,(H2,13,16). The monoisotopic (exact) mass is 217 g/mol. The Balaban J connectivity index is 2.64. The summed E-state index contributed by atoms with van der Waals surface area (Å²) in [5, 5.41) is 3.99. The summed E-state index contributed by atoms with van der Waals surface area (Å²) in [5.74, 6) is -0.362.